The second-order valence-corrected chi connectivity index (χ2v) is 5.60. The van der Waals surface area contributed by atoms with E-state index in [0.29, 0.717) is 6.10 Å². The zero-order valence-corrected chi connectivity index (χ0v) is 10.2. The van der Waals surface area contributed by atoms with Crippen molar-refractivity contribution in [2.45, 2.75) is 58.1 Å². The molecule has 0 bridgehead atoms. The summed E-state index contributed by atoms with van der Waals surface area (Å²) < 4.78 is 5.82. The van der Waals surface area contributed by atoms with E-state index in [1.54, 1.807) is 0 Å². The van der Waals surface area contributed by atoms with E-state index in [1.807, 2.05) is 0 Å². The van der Waals surface area contributed by atoms with E-state index in [0.717, 1.165) is 24.5 Å². The third-order valence-corrected chi connectivity index (χ3v) is 3.62. The zero-order valence-electron chi connectivity index (χ0n) is 10.2. The standard InChI is InChI=1S/C13H25NO/c1-10(2)5-7-14-12-6-8-15-13(9-12)11-3-4-11/h10-14H,3-9H2,1-2H3/t12-,13+/m0/s1. The largest absolute Gasteiger partial charge is 0.378 e. The van der Waals surface area contributed by atoms with Crippen LogP contribution in [0.15, 0.2) is 0 Å². The lowest BCUT2D eigenvalue weighted by Crippen LogP contribution is -2.40. The Bertz CT molecular complexity index is 189. The van der Waals surface area contributed by atoms with Crippen LogP contribution in [0.4, 0.5) is 0 Å². The maximum Gasteiger partial charge on any atom is 0.0618 e. The van der Waals surface area contributed by atoms with E-state index in [9.17, 15) is 0 Å². The Morgan fingerprint density at radius 2 is 2.07 bits per heavy atom. The SMILES string of the molecule is CC(C)CCN[C@H]1CCO[C@@H](C2CC2)C1. The molecule has 0 spiro atoms. The summed E-state index contributed by atoms with van der Waals surface area (Å²) in [4.78, 5) is 0. The Kier molecular flexibility index (Phi) is 4.04. The second-order valence-electron chi connectivity index (χ2n) is 5.60. The van der Waals surface area contributed by atoms with Gasteiger partial charge in [-0.1, -0.05) is 13.8 Å². The first-order valence-corrected chi connectivity index (χ1v) is 6.60. The second kappa shape index (κ2) is 5.31. The van der Waals surface area contributed by atoms with Crippen LogP contribution in [0.1, 0.15) is 46.0 Å². The van der Waals surface area contributed by atoms with Crippen LogP contribution in [-0.2, 0) is 4.74 Å². The molecule has 2 fully saturated rings. The van der Waals surface area contributed by atoms with Crippen LogP contribution < -0.4 is 5.32 Å². The Morgan fingerprint density at radius 3 is 2.73 bits per heavy atom. The van der Waals surface area contributed by atoms with Gasteiger partial charge in [0.1, 0.15) is 0 Å². The monoisotopic (exact) mass is 211 g/mol. The summed E-state index contributed by atoms with van der Waals surface area (Å²) >= 11 is 0. The molecule has 1 aliphatic carbocycles. The van der Waals surface area contributed by atoms with Crippen molar-refractivity contribution in [2.24, 2.45) is 11.8 Å². The molecule has 0 unspecified atom stereocenters. The van der Waals surface area contributed by atoms with Gasteiger partial charge >= 0.3 is 0 Å². The molecule has 2 rings (SSSR count). The van der Waals surface area contributed by atoms with Crippen molar-refractivity contribution in [1.82, 2.24) is 5.32 Å². The van der Waals surface area contributed by atoms with Crippen molar-refractivity contribution in [3.63, 3.8) is 0 Å². The van der Waals surface area contributed by atoms with E-state index >= 15 is 0 Å². The molecule has 1 saturated carbocycles. The van der Waals surface area contributed by atoms with Crippen LogP contribution in [0, 0.1) is 11.8 Å². The molecule has 0 radical (unpaired) electrons. The smallest absolute Gasteiger partial charge is 0.0618 e. The minimum absolute atomic E-state index is 0.579. The van der Waals surface area contributed by atoms with Gasteiger partial charge in [0.15, 0.2) is 0 Å². The highest BCUT2D eigenvalue weighted by Crippen LogP contribution is 2.38. The molecule has 2 atom stereocenters. The Labute approximate surface area is 93.8 Å². The van der Waals surface area contributed by atoms with E-state index in [1.165, 1.54) is 38.6 Å². The van der Waals surface area contributed by atoms with Gasteiger partial charge in [0.25, 0.3) is 0 Å². The maximum absolute atomic E-state index is 5.82. The quantitative estimate of drug-likeness (QED) is 0.754. The van der Waals surface area contributed by atoms with Gasteiger partial charge in [0.2, 0.25) is 0 Å². The van der Waals surface area contributed by atoms with E-state index in [4.69, 9.17) is 4.74 Å². The van der Waals surface area contributed by atoms with Gasteiger partial charge in [-0.15, -0.1) is 0 Å². The normalized spacial score (nSPS) is 32.2. The maximum atomic E-state index is 5.82. The molecule has 15 heavy (non-hydrogen) atoms. The summed E-state index contributed by atoms with van der Waals surface area (Å²) in [6.07, 6.45) is 7.15. The number of nitrogens with one attached hydrogen (secondary N) is 1. The molecule has 88 valence electrons. The fraction of sp³-hybridized carbons (Fsp3) is 1.00. The van der Waals surface area contributed by atoms with Gasteiger partial charge in [-0.25, -0.2) is 0 Å². The fourth-order valence-electron chi connectivity index (χ4n) is 2.39. The number of rotatable bonds is 5. The molecule has 1 aliphatic heterocycles. The van der Waals surface area contributed by atoms with Gasteiger partial charge in [-0.2, -0.15) is 0 Å². The number of ether oxygens (including phenoxy) is 1. The molecule has 1 saturated heterocycles. The summed E-state index contributed by atoms with van der Waals surface area (Å²) in [6.45, 7) is 6.73. The lowest BCUT2D eigenvalue weighted by Gasteiger charge is -2.30. The van der Waals surface area contributed by atoms with Gasteiger partial charge in [0, 0.05) is 12.6 Å². The topological polar surface area (TPSA) is 21.3 Å². The highest BCUT2D eigenvalue weighted by atomic mass is 16.5. The minimum atomic E-state index is 0.579. The molecule has 2 nitrogen and oxygen atoms in total. The highest BCUT2D eigenvalue weighted by Gasteiger charge is 2.35. The van der Waals surface area contributed by atoms with E-state index in [-0.39, 0.29) is 0 Å². The van der Waals surface area contributed by atoms with Gasteiger partial charge in [0.05, 0.1) is 6.10 Å². The fourth-order valence-corrected chi connectivity index (χ4v) is 2.39. The van der Waals surface area contributed by atoms with Crippen LogP contribution >= 0.6 is 0 Å². The Morgan fingerprint density at radius 1 is 1.27 bits per heavy atom. The first-order valence-electron chi connectivity index (χ1n) is 6.60. The lowest BCUT2D eigenvalue weighted by atomic mass is 9.99. The summed E-state index contributed by atoms with van der Waals surface area (Å²) in [7, 11) is 0. The third-order valence-electron chi connectivity index (χ3n) is 3.62. The minimum Gasteiger partial charge on any atom is -0.378 e. The van der Waals surface area contributed by atoms with Crippen LogP contribution in [0.5, 0.6) is 0 Å². The first kappa shape index (κ1) is 11.4. The van der Waals surface area contributed by atoms with E-state index < -0.39 is 0 Å². The summed E-state index contributed by atoms with van der Waals surface area (Å²) in [5, 5.41) is 3.69. The summed E-state index contributed by atoms with van der Waals surface area (Å²) in [5.41, 5.74) is 0. The third kappa shape index (κ3) is 3.76. The molecule has 2 aliphatic rings. The van der Waals surface area contributed by atoms with Gasteiger partial charge < -0.3 is 10.1 Å². The molecule has 1 N–H and O–H groups in total. The van der Waals surface area contributed by atoms with Gasteiger partial charge in [-0.3, -0.25) is 0 Å². The first-order chi connectivity index (χ1) is 7.25. The van der Waals surface area contributed by atoms with Gasteiger partial charge in [-0.05, 0) is 50.5 Å². The molecule has 1 heterocycles. The lowest BCUT2D eigenvalue weighted by molar-refractivity contribution is -0.0111. The van der Waals surface area contributed by atoms with Crippen molar-refractivity contribution in [1.29, 1.82) is 0 Å². The molecule has 0 amide bonds. The van der Waals surface area contributed by atoms with Crippen LogP contribution in [0.3, 0.4) is 0 Å². The Hall–Kier alpha value is -0.0800. The summed E-state index contributed by atoms with van der Waals surface area (Å²) in [6, 6.07) is 0.725. The van der Waals surface area contributed by atoms with Crippen molar-refractivity contribution in [3.05, 3.63) is 0 Å². The van der Waals surface area contributed by atoms with E-state index in [2.05, 4.69) is 19.2 Å². The van der Waals surface area contributed by atoms with Crippen molar-refractivity contribution >= 4 is 0 Å². The van der Waals surface area contributed by atoms with Crippen LogP contribution in [0.25, 0.3) is 0 Å². The average molecular weight is 211 g/mol. The molecular weight excluding hydrogens is 186 g/mol. The van der Waals surface area contributed by atoms with Crippen molar-refractivity contribution in [3.8, 4) is 0 Å². The predicted molar refractivity (Wildman–Crippen MR) is 62.9 cm³/mol. The number of hydrogen-bond acceptors (Lipinski definition) is 2. The zero-order chi connectivity index (χ0) is 10.7. The average Bonchev–Trinajstić information content (AvgIpc) is 3.01. The predicted octanol–water partition coefficient (Wildman–Crippen LogP) is 2.58. The van der Waals surface area contributed by atoms with Crippen LogP contribution in [-0.4, -0.2) is 25.3 Å². The Balaban J connectivity index is 1.63. The van der Waals surface area contributed by atoms with Crippen molar-refractivity contribution < 1.29 is 4.74 Å². The molecule has 0 aromatic rings. The molecule has 0 aromatic carbocycles. The highest BCUT2D eigenvalue weighted by molar-refractivity contribution is 4.88. The number of hydrogen-bond donors (Lipinski definition) is 1. The molecule has 0 aromatic heterocycles. The summed E-state index contributed by atoms with van der Waals surface area (Å²) in [5.74, 6) is 1.72. The van der Waals surface area contributed by atoms with Crippen molar-refractivity contribution in [2.75, 3.05) is 13.2 Å². The molecule has 2 heteroatoms. The van der Waals surface area contributed by atoms with Crippen LogP contribution in [0.2, 0.25) is 0 Å². The molecular formula is C13H25NO.